The highest BCUT2D eigenvalue weighted by Gasteiger charge is 2.28. The maximum atomic E-state index is 12.4. The first-order valence-electron chi connectivity index (χ1n) is 7.18. The largest absolute Gasteiger partial charge is 0.465 e. The van der Waals surface area contributed by atoms with Crippen molar-refractivity contribution in [1.29, 1.82) is 5.26 Å². The molecule has 0 unspecified atom stereocenters. The van der Waals surface area contributed by atoms with Crippen LogP contribution < -0.4 is 5.32 Å². The second kappa shape index (κ2) is 6.23. The normalized spacial score (nSPS) is 12.3. The van der Waals surface area contributed by atoms with Crippen molar-refractivity contribution in [2.24, 2.45) is 0 Å². The topological polar surface area (TPSA) is 79.2 Å². The van der Waals surface area contributed by atoms with Crippen molar-refractivity contribution < 1.29 is 14.3 Å². The van der Waals surface area contributed by atoms with Gasteiger partial charge in [-0.15, -0.1) is 11.3 Å². The van der Waals surface area contributed by atoms with Crippen LogP contribution in [-0.2, 0) is 17.6 Å². The van der Waals surface area contributed by atoms with Gasteiger partial charge in [-0.1, -0.05) is 0 Å². The highest BCUT2D eigenvalue weighted by molar-refractivity contribution is 7.17. The zero-order chi connectivity index (χ0) is 16.4. The van der Waals surface area contributed by atoms with Gasteiger partial charge in [0.15, 0.2) is 0 Å². The van der Waals surface area contributed by atoms with Gasteiger partial charge in [-0.25, -0.2) is 4.79 Å². The maximum Gasteiger partial charge on any atom is 0.341 e. The summed E-state index contributed by atoms with van der Waals surface area (Å²) in [5, 5.41) is 12.1. The van der Waals surface area contributed by atoms with Crippen molar-refractivity contribution in [1.82, 2.24) is 0 Å². The zero-order valence-corrected chi connectivity index (χ0v) is 13.3. The molecule has 1 aromatic heterocycles. The van der Waals surface area contributed by atoms with E-state index in [-0.39, 0.29) is 5.91 Å². The summed E-state index contributed by atoms with van der Waals surface area (Å²) in [5.41, 5.74) is 2.41. The minimum Gasteiger partial charge on any atom is -0.465 e. The van der Waals surface area contributed by atoms with Crippen LogP contribution in [0.1, 0.15) is 43.1 Å². The lowest BCUT2D eigenvalue weighted by Crippen LogP contribution is -2.14. The van der Waals surface area contributed by atoms with E-state index in [1.165, 1.54) is 18.4 Å². The second-order valence-electron chi connectivity index (χ2n) is 5.20. The third kappa shape index (κ3) is 2.83. The molecule has 0 bridgehead atoms. The molecule has 1 aliphatic carbocycles. The summed E-state index contributed by atoms with van der Waals surface area (Å²) in [6, 6.07) is 8.37. The summed E-state index contributed by atoms with van der Waals surface area (Å²) >= 11 is 1.44. The number of nitrogens with zero attached hydrogens (tertiary/aromatic N) is 1. The Morgan fingerprint density at radius 1 is 1.26 bits per heavy atom. The van der Waals surface area contributed by atoms with Gasteiger partial charge in [-0.2, -0.15) is 5.26 Å². The number of hydrogen-bond donors (Lipinski definition) is 1. The van der Waals surface area contributed by atoms with Crippen molar-refractivity contribution in [3.63, 3.8) is 0 Å². The minimum atomic E-state index is -0.417. The fourth-order valence-corrected chi connectivity index (χ4v) is 3.95. The maximum absolute atomic E-state index is 12.4. The van der Waals surface area contributed by atoms with E-state index in [9.17, 15) is 9.59 Å². The fourth-order valence-electron chi connectivity index (χ4n) is 2.68. The van der Waals surface area contributed by atoms with Crippen molar-refractivity contribution >= 4 is 28.2 Å². The molecule has 1 aromatic carbocycles. The Morgan fingerprint density at radius 3 is 2.65 bits per heavy atom. The van der Waals surface area contributed by atoms with Crippen LogP contribution in [0.15, 0.2) is 24.3 Å². The number of aryl methyl sites for hydroxylation is 1. The first kappa shape index (κ1) is 15.3. The van der Waals surface area contributed by atoms with E-state index in [1.807, 2.05) is 6.07 Å². The van der Waals surface area contributed by atoms with Crippen LogP contribution in [-0.4, -0.2) is 19.0 Å². The highest BCUT2D eigenvalue weighted by Crippen LogP contribution is 2.39. The van der Waals surface area contributed by atoms with E-state index in [4.69, 9.17) is 10.00 Å². The summed E-state index contributed by atoms with van der Waals surface area (Å²) in [6.45, 7) is 0. The molecule has 2 aromatic rings. The Bertz CT molecular complexity index is 816. The number of esters is 1. The number of nitrogens with one attached hydrogen (secondary N) is 1. The number of ether oxygens (including phenoxy) is 1. The lowest BCUT2D eigenvalue weighted by molar-refractivity contribution is 0.0601. The smallest absolute Gasteiger partial charge is 0.341 e. The van der Waals surface area contributed by atoms with E-state index >= 15 is 0 Å². The minimum absolute atomic E-state index is 0.306. The van der Waals surface area contributed by atoms with Crippen LogP contribution >= 0.6 is 11.3 Å². The molecule has 3 rings (SSSR count). The van der Waals surface area contributed by atoms with Gasteiger partial charge in [0.2, 0.25) is 0 Å². The summed E-state index contributed by atoms with van der Waals surface area (Å²) < 4.78 is 4.86. The predicted molar refractivity (Wildman–Crippen MR) is 86.8 cm³/mol. The molecule has 0 aliphatic heterocycles. The number of nitriles is 1. The average molecular weight is 326 g/mol. The second-order valence-corrected chi connectivity index (χ2v) is 6.30. The summed E-state index contributed by atoms with van der Waals surface area (Å²) in [5.74, 6) is -0.723. The molecule has 0 spiro atoms. The molecule has 1 N–H and O–H groups in total. The molecule has 6 heteroatoms. The van der Waals surface area contributed by atoms with Crippen molar-refractivity contribution in [3.05, 3.63) is 51.4 Å². The molecule has 1 amide bonds. The number of carbonyl (C=O) groups is 2. The molecule has 23 heavy (non-hydrogen) atoms. The lowest BCUT2D eigenvalue weighted by atomic mass is 10.1. The van der Waals surface area contributed by atoms with Crippen molar-refractivity contribution in [2.75, 3.05) is 12.4 Å². The molecular weight excluding hydrogens is 312 g/mol. The molecule has 116 valence electrons. The Labute approximate surface area is 137 Å². The van der Waals surface area contributed by atoms with Crippen LogP contribution in [0, 0.1) is 11.3 Å². The molecular formula is C17H14N2O3S. The molecule has 0 radical (unpaired) electrons. The number of amides is 1. The SMILES string of the molecule is COC(=O)c1c(NC(=O)c2ccc(C#N)cc2)sc2c1CCC2. The molecule has 1 aliphatic rings. The predicted octanol–water partition coefficient (Wildman–Crippen LogP) is 3.15. The molecule has 0 fully saturated rings. The van der Waals surface area contributed by atoms with Gasteiger partial charge in [0.05, 0.1) is 24.3 Å². The van der Waals surface area contributed by atoms with E-state index < -0.39 is 5.97 Å². The number of hydrogen-bond acceptors (Lipinski definition) is 5. The van der Waals surface area contributed by atoms with Gasteiger partial charge >= 0.3 is 5.97 Å². The van der Waals surface area contributed by atoms with Gasteiger partial charge in [0, 0.05) is 10.4 Å². The van der Waals surface area contributed by atoms with Gasteiger partial charge in [0.1, 0.15) is 5.00 Å². The van der Waals surface area contributed by atoms with Crippen LogP contribution in [0.2, 0.25) is 0 Å². The number of fused-ring (bicyclic) bond motifs is 1. The van der Waals surface area contributed by atoms with Crippen LogP contribution in [0.5, 0.6) is 0 Å². The Kier molecular flexibility index (Phi) is 4.13. The number of rotatable bonds is 3. The molecule has 5 nitrogen and oxygen atoms in total. The fraction of sp³-hybridized carbons (Fsp3) is 0.235. The third-order valence-electron chi connectivity index (χ3n) is 3.81. The average Bonchev–Trinajstić information content (AvgIpc) is 3.14. The van der Waals surface area contributed by atoms with Crippen molar-refractivity contribution in [2.45, 2.75) is 19.3 Å². The quantitative estimate of drug-likeness (QED) is 0.879. The van der Waals surface area contributed by atoms with E-state index in [1.54, 1.807) is 24.3 Å². The lowest BCUT2D eigenvalue weighted by Gasteiger charge is -2.07. The first-order chi connectivity index (χ1) is 11.1. The summed E-state index contributed by atoms with van der Waals surface area (Å²) in [6.07, 6.45) is 2.79. The zero-order valence-electron chi connectivity index (χ0n) is 12.5. The summed E-state index contributed by atoms with van der Waals surface area (Å²) in [7, 11) is 1.34. The van der Waals surface area contributed by atoms with E-state index in [2.05, 4.69) is 5.32 Å². The van der Waals surface area contributed by atoms with Crippen LogP contribution in [0.3, 0.4) is 0 Å². The molecule has 1 heterocycles. The van der Waals surface area contributed by atoms with Crippen LogP contribution in [0.25, 0.3) is 0 Å². The number of carbonyl (C=O) groups excluding carboxylic acids is 2. The van der Waals surface area contributed by atoms with Gasteiger partial charge in [0.25, 0.3) is 5.91 Å². The standard InChI is InChI=1S/C17H14N2O3S/c1-22-17(21)14-12-3-2-4-13(12)23-16(14)19-15(20)11-7-5-10(9-18)6-8-11/h5-8H,2-4H2,1H3,(H,19,20). The molecule has 0 saturated heterocycles. The molecule has 0 saturated carbocycles. The Balaban J connectivity index is 1.89. The summed E-state index contributed by atoms with van der Waals surface area (Å²) in [4.78, 5) is 25.6. The number of thiophene rings is 1. The highest BCUT2D eigenvalue weighted by atomic mass is 32.1. The number of methoxy groups -OCH3 is 1. The van der Waals surface area contributed by atoms with Gasteiger partial charge < -0.3 is 10.1 Å². The van der Waals surface area contributed by atoms with Gasteiger partial charge in [-0.05, 0) is 49.1 Å². The van der Waals surface area contributed by atoms with E-state index in [0.717, 1.165) is 29.7 Å². The Morgan fingerprint density at radius 2 is 2.00 bits per heavy atom. The first-order valence-corrected chi connectivity index (χ1v) is 8.00. The Hall–Kier alpha value is -2.65. The van der Waals surface area contributed by atoms with Crippen LogP contribution in [0.4, 0.5) is 5.00 Å². The van der Waals surface area contributed by atoms with Crippen molar-refractivity contribution in [3.8, 4) is 6.07 Å². The van der Waals surface area contributed by atoms with Gasteiger partial charge in [-0.3, -0.25) is 4.79 Å². The number of anilines is 1. The monoisotopic (exact) mass is 326 g/mol. The number of benzene rings is 1. The third-order valence-corrected chi connectivity index (χ3v) is 5.02. The van der Waals surface area contributed by atoms with E-state index in [0.29, 0.717) is 21.7 Å². The molecule has 0 atom stereocenters.